The minimum absolute atomic E-state index is 0.0197. The highest BCUT2D eigenvalue weighted by molar-refractivity contribution is 7.92. The lowest BCUT2D eigenvalue weighted by Gasteiger charge is -2.21. The van der Waals surface area contributed by atoms with Crippen LogP contribution >= 0.6 is 0 Å². The van der Waals surface area contributed by atoms with Crippen LogP contribution in [0.4, 0.5) is 10.1 Å². The fourth-order valence-electron chi connectivity index (χ4n) is 2.58. The van der Waals surface area contributed by atoms with Gasteiger partial charge in [0.05, 0.1) is 5.75 Å². The van der Waals surface area contributed by atoms with Crippen molar-refractivity contribution in [1.82, 2.24) is 4.90 Å². The first kappa shape index (κ1) is 19.9. The number of sulfonamides is 1. The van der Waals surface area contributed by atoms with Crippen molar-refractivity contribution >= 4 is 21.6 Å². The van der Waals surface area contributed by atoms with E-state index in [0.717, 1.165) is 0 Å². The van der Waals surface area contributed by atoms with Gasteiger partial charge in [0.1, 0.15) is 5.82 Å². The maximum absolute atomic E-state index is 13.4. The number of hydrogen-bond donors (Lipinski definition) is 1. The summed E-state index contributed by atoms with van der Waals surface area (Å²) in [7, 11) is -3.42. The van der Waals surface area contributed by atoms with Crippen LogP contribution < -0.4 is 4.72 Å². The lowest BCUT2D eigenvalue weighted by atomic mass is 10.1. The van der Waals surface area contributed by atoms with Gasteiger partial charge in [0.15, 0.2) is 0 Å². The summed E-state index contributed by atoms with van der Waals surface area (Å²) in [5.74, 6) is -0.571. The molecule has 0 aliphatic carbocycles. The monoisotopic (exact) mass is 378 g/mol. The molecule has 0 spiro atoms. The number of benzene rings is 2. The van der Waals surface area contributed by atoms with E-state index in [9.17, 15) is 17.6 Å². The van der Waals surface area contributed by atoms with Gasteiger partial charge in [-0.25, -0.2) is 12.8 Å². The molecular formula is C19H23FN2O3S. The van der Waals surface area contributed by atoms with Gasteiger partial charge in [0.2, 0.25) is 10.0 Å². The molecule has 0 atom stereocenters. The van der Waals surface area contributed by atoms with Crippen LogP contribution in [0.1, 0.15) is 36.2 Å². The molecule has 7 heteroatoms. The molecule has 0 radical (unpaired) electrons. The van der Waals surface area contributed by atoms with Crippen LogP contribution in [0.25, 0.3) is 0 Å². The zero-order valence-corrected chi connectivity index (χ0v) is 15.7. The first-order chi connectivity index (χ1) is 12.3. The third-order valence-corrected chi connectivity index (χ3v) is 5.28. The van der Waals surface area contributed by atoms with Crippen LogP contribution in [-0.2, 0) is 16.6 Å². The van der Waals surface area contributed by atoms with Crippen molar-refractivity contribution < 1.29 is 17.6 Å². The van der Waals surface area contributed by atoms with Crippen molar-refractivity contribution in [1.29, 1.82) is 0 Å². The molecule has 2 aromatic carbocycles. The van der Waals surface area contributed by atoms with E-state index in [1.807, 2.05) is 6.92 Å². The normalized spacial score (nSPS) is 11.2. The molecule has 0 aliphatic rings. The summed E-state index contributed by atoms with van der Waals surface area (Å²) < 4.78 is 39.6. The number of amides is 1. The van der Waals surface area contributed by atoms with Crippen molar-refractivity contribution in [2.24, 2.45) is 0 Å². The Labute approximate surface area is 153 Å². The topological polar surface area (TPSA) is 66.5 Å². The minimum atomic E-state index is -3.42. The Bertz CT molecular complexity index is 869. The summed E-state index contributed by atoms with van der Waals surface area (Å²) in [6.07, 6.45) is 0.505. The summed E-state index contributed by atoms with van der Waals surface area (Å²) in [5.41, 5.74) is 1.42. The van der Waals surface area contributed by atoms with E-state index in [1.54, 1.807) is 42.2 Å². The van der Waals surface area contributed by atoms with Crippen LogP contribution in [-0.4, -0.2) is 31.5 Å². The highest BCUT2D eigenvalue weighted by Gasteiger charge is 2.16. The highest BCUT2D eigenvalue weighted by atomic mass is 32.2. The summed E-state index contributed by atoms with van der Waals surface area (Å²) in [4.78, 5) is 14.3. The molecular weight excluding hydrogens is 355 g/mol. The standard InChI is InChI=1S/C19H23FN2O3S/c1-3-11-26(24,25)21-18-10-6-8-16(13-18)19(23)22(4-2)14-15-7-5-9-17(20)12-15/h5-10,12-13,21H,3-4,11,14H2,1-2H3. The van der Waals surface area contributed by atoms with E-state index in [4.69, 9.17) is 0 Å². The van der Waals surface area contributed by atoms with E-state index in [2.05, 4.69) is 4.72 Å². The van der Waals surface area contributed by atoms with Crippen molar-refractivity contribution in [3.63, 3.8) is 0 Å². The molecule has 0 saturated heterocycles. The Kier molecular flexibility index (Phi) is 6.74. The van der Waals surface area contributed by atoms with Crippen molar-refractivity contribution in [2.75, 3.05) is 17.0 Å². The first-order valence-electron chi connectivity index (χ1n) is 8.49. The smallest absolute Gasteiger partial charge is 0.254 e. The van der Waals surface area contributed by atoms with Gasteiger partial charge in [-0.15, -0.1) is 0 Å². The molecule has 0 fully saturated rings. The van der Waals surface area contributed by atoms with E-state index in [0.29, 0.717) is 29.8 Å². The fourth-order valence-corrected chi connectivity index (χ4v) is 3.71. The summed E-state index contributed by atoms with van der Waals surface area (Å²) in [5, 5.41) is 0. The Morgan fingerprint density at radius 3 is 2.50 bits per heavy atom. The molecule has 0 aliphatic heterocycles. The average Bonchev–Trinajstić information content (AvgIpc) is 2.59. The fraction of sp³-hybridized carbons (Fsp3) is 0.316. The molecule has 26 heavy (non-hydrogen) atoms. The molecule has 2 aromatic rings. The molecule has 0 bridgehead atoms. The highest BCUT2D eigenvalue weighted by Crippen LogP contribution is 2.16. The molecule has 1 amide bonds. The second-order valence-electron chi connectivity index (χ2n) is 5.95. The van der Waals surface area contributed by atoms with Crippen molar-refractivity contribution in [3.8, 4) is 0 Å². The zero-order valence-electron chi connectivity index (χ0n) is 14.9. The molecule has 140 valence electrons. The van der Waals surface area contributed by atoms with Gasteiger partial charge in [-0.1, -0.05) is 25.1 Å². The number of nitrogens with zero attached hydrogens (tertiary/aromatic N) is 1. The molecule has 0 aromatic heterocycles. The van der Waals surface area contributed by atoms with Crippen molar-refractivity contribution in [2.45, 2.75) is 26.8 Å². The van der Waals surface area contributed by atoms with Gasteiger partial charge in [0.25, 0.3) is 5.91 Å². The van der Waals surface area contributed by atoms with Gasteiger partial charge in [0, 0.05) is 24.3 Å². The lowest BCUT2D eigenvalue weighted by molar-refractivity contribution is 0.0752. The Hall–Kier alpha value is -2.41. The number of carbonyl (C=O) groups is 1. The largest absolute Gasteiger partial charge is 0.335 e. The first-order valence-corrected chi connectivity index (χ1v) is 10.1. The lowest BCUT2D eigenvalue weighted by Crippen LogP contribution is -2.30. The molecule has 0 saturated carbocycles. The number of rotatable bonds is 8. The number of carbonyl (C=O) groups excluding carboxylic acids is 1. The summed E-state index contributed by atoms with van der Waals surface area (Å²) >= 11 is 0. The van der Waals surface area contributed by atoms with Crippen LogP contribution in [0.15, 0.2) is 48.5 Å². The number of nitrogens with one attached hydrogen (secondary N) is 1. The molecule has 0 heterocycles. The molecule has 0 unspecified atom stereocenters. The molecule has 5 nitrogen and oxygen atoms in total. The van der Waals surface area contributed by atoms with Crippen LogP contribution in [0.3, 0.4) is 0 Å². The van der Waals surface area contributed by atoms with Crippen LogP contribution in [0.2, 0.25) is 0 Å². The Morgan fingerprint density at radius 2 is 1.85 bits per heavy atom. The third kappa shape index (κ3) is 5.56. The molecule has 2 rings (SSSR count). The van der Waals surface area contributed by atoms with Gasteiger partial charge in [-0.2, -0.15) is 0 Å². The second kappa shape index (κ2) is 8.80. The summed E-state index contributed by atoms with van der Waals surface area (Å²) in [6.45, 7) is 4.34. The number of anilines is 1. The van der Waals surface area contributed by atoms with Gasteiger partial charge in [-0.3, -0.25) is 9.52 Å². The quantitative estimate of drug-likeness (QED) is 0.763. The van der Waals surface area contributed by atoms with Gasteiger partial charge < -0.3 is 4.90 Å². The zero-order chi connectivity index (χ0) is 19.2. The van der Waals surface area contributed by atoms with Crippen LogP contribution in [0, 0.1) is 5.82 Å². The maximum atomic E-state index is 13.4. The Balaban J connectivity index is 2.18. The predicted molar refractivity (Wildman–Crippen MR) is 101 cm³/mol. The van der Waals surface area contributed by atoms with Crippen LogP contribution in [0.5, 0.6) is 0 Å². The van der Waals surface area contributed by atoms with E-state index in [-0.39, 0.29) is 24.0 Å². The van der Waals surface area contributed by atoms with E-state index < -0.39 is 10.0 Å². The number of hydrogen-bond acceptors (Lipinski definition) is 3. The molecule has 1 N–H and O–H groups in total. The van der Waals surface area contributed by atoms with Gasteiger partial charge >= 0.3 is 0 Å². The van der Waals surface area contributed by atoms with E-state index in [1.165, 1.54) is 18.2 Å². The van der Waals surface area contributed by atoms with Crippen molar-refractivity contribution in [3.05, 3.63) is 65.5 Å². The SMILES string of the molecule is CCCS(=O)(=O)Nc1cccc(C(=O)N(CC)Cc2cccc(F)c2)c1. The predicted octanol–water partition coefficient (Wildman–Crippen LogP) is 3.64. The van der Waals surface area contributed by atoms with Gasteiger partial charge in [-0.05, 0) is 49.2 Å². The van der Waals surface area contributed by atoms with E-state index >= 15 is 0 Å². The minimum Gasteiger partial charge on any atom is -0.335 e. The second-order valence-corrected chi connectivity index (χ2v) is 7.79. The third-order valence-electron chi connectivity index (χ3n) is 3.79. The Morgan fingerprint density at radius 1 is 1.12 bits per heavy atom. The average molecular weight is 378 g/mol. The summed E-state index contributed by atoms with van der Waals surface area (Å²) in [6, 6.07) is 12.5. The number of halogens is 1. The maximum Gasteiger partial charge on any atom is 0.254 e.